The van der Waals surface area contributed by atoms with E-state index in [1.165, 1.54) is 29.8 Å². The summed E-state index contributed by atoms with van der Waals surface area (Å²) >= 11 is 0. The topological polar surface area (TPSA) is 124 Å². The zero-order valence-corrected chi connectivity index (χ0v) is 54.8. The Bertz CT molecular complexity index is 3820. The molecular formula is C61H50F8Ir3N8O2Pt-4. The number of oxazole rings is 1. The third kappa shape index (κ3) is 17.0. The van der Waals surface area contributed by atoms with Gasteiger partial charge in [0.25, 0.3) is 0 Å². The van der Waals surface area contributed by atoms with Gasteiger partial charge in [0.15, 0.2) is 23.3 Å². The van der Waals surface area contributed by atoms with Crippen LogP contribution >= 0.6 is 0 Å². The number of aromatic nitrogens is 8. The molecular weight excluding hydrogens is 1800 g/mol. The van der Waals surface area contributed by atoms with Crippen LogP contribution in [0, 0.1) is 79.5 Å². The van der Waals surface area contributed by atoms with Crippen molar-refractivity contribution in [3.05, 3.63) is 209 Å². The van der Waals surface area contributed by atoms with Crippen LogP contribution in [0.3, 0.4) is 0 Å². The first-order valence-corrected chi connectivity index (χ1v) is 24.7. The Morgan fingerprint density at radius 2 is 1.36 bits per heavy atom. The van der Waals surface area contributed by atoms with E-state index in [4.69, 9.17) is 13.9 Å². The van der Waals surface area contributed by atoms with Crippen molar-refractivity contribution >= 4 is 16.6 Å². The first-order chi connectivity index (χ1) is 37.6. The number of nitrogens with zero attached hydrogens (tertiary/aromatic N) is 7. The van der Waals surface area contributed by atoms with Gasteiger partial charge in [-0.25, -0.2) is 26.9 Å². The van der Waals surface area contributed by atoms with Crippen molar-refractivity contribution in [2.24, 2.45) is 5.41 Å². The summed E-state index contributed by atoms with van der Waals surface area (Å²) < 4.78 is 119. The number of rotatable bonds is 8. The van der Waals surface area contributed by atoms with Crippen LogP contribution in [-0.4, -0.2) is 39.7 Å². The number of H-pyrrole nitrogens is 1. The van der Waals surface area contributed by atoms with Gasteiger partial charge in [-0.1, -0.05) is 77.8 Å². The predicted octanol–water partition coefficient (Wildman–Crippen LogP) is 16.3. The summed E-state index contributed by atoms with van der Waals surface area (Å²) in [6.07, 6.45) is -0.847. The Balaban J connectivity index is 0.000000244. The molecule has 5 aromatic heterocycles. The molecule has 0 fully saturated rings. The van der Waals surface area contributed by atoms with Crippen LogP contribution in [-0.2, 0) is 94.0 Å². The van der Waals surface area contributed by atoms with Gasteiger partial charge in [0, 0.05) is 117 Å². The SMILES string of the molecule is CCC(C)c1nc(-c2[c-]ccc(-c3c(F)c(F)c(F)c(F)c3F)c2)c2ccccn12.Cc1c[c-]c(-c2noc(CC(C)(C)C)n2)c(C)c1.Cc1nnc(-c2[c-]cc(C(F)(F)F)cc2)[nH]1.[Ir].[Ir].[Ir].[Pt].[c-]1ccccc1-c1nc2ccccc2o1. The smallest absolute Gasteiger partial charge is 0.381 e. The number of fused-ring (bicyclic) bond motifs is 2. The summed E-state index contributed by atoms with van der Waals surface area (Å²) in [5, 5.41) is 11.5. The summed E-state index contributed by atoms with van der Waals surface area (Å²) in [7, 11) is 0. The largest absolute Gasteiger partial charge is 0.481 e. The van der Waals surface area contributed by atoms with Crippen LogP contribution in [0.5, 0.6) is 0 Å². The number of aryl methyl sites for hydroxylation is 3. The first kappa shape index (κ1) is 69.3. The Kier molecular flexibility index (Phi) is 25.1. The summed E-state index contributed by atoms with van der Waals surface area (Å²) in [5.41, 5.74) is 6.19. The van der Waals surface area contributed by atoms with Crippen LogP contribution in [0.4, 0.5) is 35.1 Å². The van der Waals surface area contributed by atoms with E-state index in [0.717, 1.165) is 64.1 Å². The van der Waals surface area contributed by atoms with Crippen molar-refractivity contribution in [2.75, 3.05) is 0 Å². The molecule has 6 aromatic carbocycles. The van der Waals surface area contributed by atoms with E-state index in [1.54, 1.807) is 6.92 Å². The Morgan fingerprint density at radius 3 is 1.96 bits per heavy atom. The monoisotopic (exact) mass is 1850 g/mol. The maximum atomic E-state index is 14.3. The number of benzene rings is 6. The first-order valence-electron chi connectivity index (χ1n) is 24.7. The van der Waals surface area contributed by atoms with Crippen LogP contribution in [0.1, 0.15) is 81.2 Å². The number of halogens is 8. The molecule has 0 aliphatic carbocycles. The second kappa shape index (κ2) is 30.1. The molecule has 1 N–H and O–H groups in total. The van der Waals surface area contributed by atoms with Crippen molar-refractivity contribution in [3.8, 4) is 56.6 Å². The minimum Gasteiger partial charge on any atom is -0.481 e. The summed E-state index contributed by atoms with van der Waals surface area (Å²) in [5.74, 6) is -6.00. The van der Waals surface area contributed by atoms with Crippen molar-refractivity contribution in [3.63, 3.8) is 0 Å². The molecule has 11 aromatic rings. The fourth-order valence-corrected chi connectivity index (χ4v) is 8.01. The fraction of sp³-hybridized carbons (Fsp3) is 0.213. The molecule has 10 nitrogen and oxygen atoms in total. The summed E-state index contributed by atoms with van der Waals surface area (Å²) in [4.78, 5) is 16.3. The molecule has 3 radical (unpaired) electrons. The molecule has 0 saturated heterocycles. The van der Waals surface area contributed by atoms with Crippen molar-refractivity contribution in [1.29, 1.82) is 0 Å². The van der Waals surface area contributed by atoms with Gasteiger partial charge in [-0.2, -0.15) is 18.3 Å². The number of hydrogen-bond donors (Lipinski definition) is 1. The van der Waals surface area contributed by atoms with Crippen LogP contribution in [0.25, 0.3) is 73.2 Å². The van der Waals surface area contributed by atoms with Gasteiger partial charge in [0.2, 0.25) is 11.7 Å². The fourth-order valence-electron chi connectivity index (χ4n) is 8.01. The van der Waals surface area contributed by atoms with Gasteiger partial charge < -0.3 is 18.3 Å². The molecule has 5 heterocycles. The number of pyridine rings is 1. The average molecular weight is 1850 g/mol. The number of hydrogen-bond acceptors (Lipinski definition) is 8. The van der Waals surface area contributed by atoms with Crippen molar-refractivity contribution < 1.29 is 125 Å². The van der Waals surface area contributed by atoms with Gasteiger partial charge in [-0.05, 0) is 48.6 Å². The molecule has 1 unspecified atom stereocenters. The summed E-state index contributed by atoms with van der Waals surface area (Å²) in [6.45, 7) is 16.3. The van der Waals surface area contributed by atoms with Crippen molar-refractivity contribution in [2.45, 2.75) is 80.3 Å². The third-order valence-corrected chi connectivity index (χ3v) is 12.1. The molecule has 0 aliphatic heterocycles. The minimum atomic E-state index is -4.34. The number of alkyl halides is 3. The molecule has 0 saturated carbocycles. The van der Waals surface area contributed by atoms with E-state index in [0.29, 0.717) is 46.1 Å². The molecule has 83 heavy (non-hydrogen) atoms. The molecule has 0 amide bonds. The third-order valence-electron chi connectivity index (χ3n) is 12.1. The normalized spacial score (nSPS) is 11.3. The van der Waals surface area contributed by atoms with Gasteiger partial charge in [0.1, 0.15) is 28.9 Å². The van der Waals surface area contributed by atoms with E-state index < -0.39 is 46.4 Å². The maximum absolute atomic E-state index is 14.3. The zero-order valence-electron chi connectivity index (χ0n) is 45.3. The quantitative estimate of drug-likeness (QED) is 0.0690. The second-order valence-electron chi connectivity index (χ2n) is 19.5. The van der Waals surface area contributed by atoms with E-state index >= 15 is 0 Å². The average Bonchev–Trinajstić information content (AvgIpc) is 4.43. The number of para-hydroxylation sites is 2. The molecule has 0 spiro atoms. The molecule has 11 rings (SSSR count). The Morgan fingerprint density at radius 1 is 0.687 bits per heavy atom. The van der Waals surface area contributed by atoms with Gasteiger partial charge in [0.05, 0.1) is 11.3 Å². The standard InChI is InChI=1S/C23H16F5N2.C15H19N2O.C13H8NO.C10H7F3N3.3Ir.Pt/c1-3-12(2)23-29-22(15-9-4-5-10-30(15)23)14-8-6-7-13(11-14)16-17(24)19(26)21(28)20(27)18(16)25;1-10-6-7-12(11(2)8-10)14-16-13(18-17-14)9-15(3,4)5;1-2-6-10(7-3-1)13-14-11-8-4-5-9-12(11)15-13;1-6-14-9(16-15-6)7-2-4-8(5-3-7)10(11,12)13;;;;/h4-7,9-12H,3H2,1-2H3;6,8H,9H2,1-5H3;1-6,8-9H;2,4-5H,1H3,(H,14,15,16);;;;/q4*-1;;;;. The number of imidazole rings is 1. The van der Waals surface area contributed by atoms with Gasteiger partial charge in [-0.15, -0.1) is 135 Å². The predicted molar refractivity (Wildman–Crippen MR) is 283 cm³/mol. The van der Waals surface area contributed by atoms with Gasteiger partial charge >= 0.3 is 6.18 Å². The molecule has 1 atom stereocenters. The van der Waals surface area contributed by atoms with Crippen LogP contribution in [0.15, 0.2) is 130 Å². The Labute approximate surface area is 529 Å². The second-order valence-corrected chi connectivity index (χ2v) is 19.5. The number of aromatic amines is 1. The minimum absolute atomic E-state index is 0. The molecule has 443 valence electrons. The van der Waals surface area contributed by atoms with E-state index in [-0.39, 0.29) is 98.3 Å². The summed E-state index contributed by atoms with van der Waals surface area (Å²) in [6, 6.07) is 43.9. The molecule has 22 heteroatoms. The molecule has 0 bridgehead atoms. The zero-order chi connectivity index (χ0) is 56.8. The van der Waals surface area contributed by atoms with Crippen LogP contribution in [0.2, 0.25) is 0 Å². The maximum Gasteiger partial charge on any atom is 0.381 e. The van der Waals surface area contributed by atoms with Crippen molar-refractivity contribution in [1.82, 2.24) is 39.7 Å². The van der Waals surface area contributed by atoms with E-state index in [1.807, 2.05) is 104 Å². The number of nitrogens with one attached hydrogen (secondary N) is 1. The Hall–Kier alpha value is -6.16. The van der Waals surface area contributed by atoms with Crippen LogP contribution < -0.4 is 0 Å². The molecule has 0 aliphatic rings. The van der Waals surface area contributed by atoms with Gasteiger partial charge in [-0.3, -0.25) is 9.97 Å². The van der Waals surface area contributed by atoms with E-state index in [9.17, 15) is 35.1 Å². The van der Waals surface area contributed by atoms with E-state index in [2.05, 4.69) is 88.3 Å².